The van der Waals surface area contributed by atoms with Crippen molar-refractivity contribution < 1.29 is 8.42 Å². The zero-order valence-electron chi connectivity index (χ0n) is 11.2. The number of aromatic nitrogens is 1. The van der Waals surface area contributed by atoms with Crippen LogP contribution in [0.15, 0.2) is 41.0 Å². The lowest BCUT2D eigenvalue weighted by atomic mass is 10.1. The van der Waals surface area contributed by atoms with Crippen molar-refractivity contribution in [2.24, 2.45) is 0 Å². The molecule has 0 spiro atoms. The van der Waals surface area contributed by atoms with Crippen LogP contribution in [-0.4, -0.2) is 13.4 Å². The fourth-order valence-corrected chi connectivity index (χ4v) is 3.13. The van der Waals surface area contributed by atoms with Gasteiger partial charge in [-0.05, 0) is 46.1 Å². The van der Waals surface area contributed by atoms with Crippen molar-refractivity contribution in [2.75, 3.05) is 4.72 Å². The highest BCUT2D eigenvalue weighted by molar-refractivity contribution is 9.10. The predicted octanol–water partition coefficient (Wildman–Crippen LogP) is 2.97. The molecule has 0 amide bonds. The SMILES string of the molecule is Cc1cc(NS(=O)(=O)Cc2ccccc2C#N)ncc1Br. The van der Waals surface area contributed by atoms with E-state index in [-0.39, 0.29) is 11.6 Å². The van der Waals surface area contributed by atoms with E-state index in [2.05, 4.69) is 25.6 Å². The lowest BCUT2D eigenvalue weighted by molar-refractivity contribution is 0.600. The molecule has 1 aromatic heterocycles. The first-order chi connectivity index (χ1) is 9.91. The molecule has 0 fully saturated rings. The molecular weight excluding hydrogens is 354 g/mol. The standard InChI is InChI=1S/C14H12BrN3O2S/c1-10-6-14(17-8-13(10)15)18-21(19,20)9-12-5-3-2-4-11(12)7-16/h2-6,8H,9H2,1H3,(H,17,18). The van der Waals surface area contributed by atoms with E-state index < -0.39 is 10.0 Å². The summed E-state index contributed by atoms with van der Waals surface area (Å²) in [6, 6.07) is 10.2. The van der Waals surface area contributed by atoms with Crippen molar-refractivity contribution >= 4 is 31.8 Å². The quantitative estimate of drug-likeness (QED) is 0.902. The number of aryl methyl sites for hydroxylation is 1. The highest BCUT2D eigenvalue weighted by Gasteiger charge is 2.15. The van der Waals surface area contributed by atoms with Gasteiger partial charge in [0.15, 0.2) is 0 Å². The molecule has 1 aromatic carbocycles. The van der Waals surface area contributed by atoms with E-state index in [1.807, 2.05) is 13.0 Å². The maximum Gasteiger partial charge on any atom is 0.238 e. The van der Waals surface area contributed by atoms with Crippen LogP contribution in [0.3, 0.4) is 0 Å². The molecule has 0 saturated heterocycles. The molecule has 0 bridgehead atoms. The number of sulfonamides is 1. The number of benzene rings is 1. The van der Waals surface area contributed by atoms with Crippen LogP contribution >= 0.6 is 15.9 Å². The number of rotatable bonds is 4. The Labute approximate surface area is 131 Å². The average molecular weight is 366 g/mol. The number of halogens is 1. The summed E-state index contributed by atoms with van der Waals surface area (Å²) in [7, 11) is -3.63. The van der Waals surface area contributed by atoms with Crippen LogP contribution in [0.1, 0.15) is 16.7 Å². The van der Waals surface area contributed by atoms with Crippen molar-refractivity contribution in [1.29, 1.82) is 5.26 Å². The summed E-state index contributed by atoms with van der Waals surface area (Å²) in [5.74, 6) is -0.0156. The molecule has 108 valence electrons. The van der Waals surface area contributed by atoms with E-state index in [1.165, 1.54) is 6.20 Å². The second kappa shape index (κ2) is 6.24. The molecule has 2 aromatic rings. The van der Waals surface area contributed by atoms with E-state index >= 15 is 0 Å². The van der Waals surface area contributed by atoms with Crippen LogP contribution in [0, 0.1) is 18.3 Å². The summed E-state index contributed by atoms with van der Waals surface area (Å²) in [4.78, 5) is 4.01. The summed E-state index contributed by atoms with van der Waals surface area (Å²) in [5, 5.41) is 8.99. The topological polar surface area (TPSA) is 82.9 Å². The molecule has 0 aliphatic rings. The molecule has 21 heavy (non-hydrogen) atoms. The average Bonchev–Trinajstić information content (AvgIpc) is 2.43. The van der Waals surface area contributed by atoms with Crippen LogP contribution < -0.4 is 4.72 Å². The number of nitriles is 1. The normalized spacial score (nSPS) is 10.9. The van der Waals surface area contributed by atoms with Gasteiger partial charge in [0.05, 0.1) is 17.4 Å². The third-order valence-corrected chi connectivity index (χ3v) is 4.83. The minimum atomic E-state index is -3.63. The van der Waals surface area contributed by atoms with Crippen LogP contribution in [0.4, 0.5) is 5.82 Å². The van der Waals surface area contributed by atoms with E-state index in [0.717, 1.165) is 10.0 Å². The lowest BCUT2D eigenvalue weighted by Crippen LogP contribution is -2.16. The lowest BCUT2D eigenvalue weighted by Gasteiger charge is -2.09. The fourth-order valence-electron chi connectivity index (χ4n) is 1.75. The molecule has 0 radical (unpaired) electrons. The van der Waals surface area contributed by atoms with Gasteiger partial charge in [0.2, 0.25) is 10.0 Å². The first-order valence-corrected chi connectivity index (χ1v) is 8.46. The number of hydrogen-bond donors (Lipinski definition) is 1. The highest BCUT2D eigenvalue weighted by atomic mass is 79.9. The van der Waals surface area contributed by atoms with Gasteiger partial charge in [-0.2, -0.15) is 5.26 Å². The Bertz CT molecular complexity index is 813. The number of hydrogen-bond acceptors (Lipinski definition) is 4. The fraction of sp³-hybridized carbons (Fsp3) is 0.143. The first kappa shape index (κ1) is 15.5. The summed E-state index contributed by atoms with van der Waals surface area (Å²) in [5.41, 5.74) is 1.68. The van der Waals surface area contributed by atoms with Gasteiger partial charge in [-0.1, -0.05) is 18.2 Å². The van der Waals surface area contributed by atoms with Crippen LogP contribution in [-0.2, 0) is 15.8 Å². The second-order valence-corrected chi connectivity index (χ2v) is 7.03. The number of pyridine rings is 1. The first-order valence-electron chi connectivity index (χ1n) is 6.02. The van der Waals surface area contributed by atoms with Crippen LogP contribution in [0.5, 0.6) is 0 Å². The molecule has 0 aliphatic carbocycles. The Balaban J connectivity index is 2.23. The number of anilines is 1. The summed E-state index contributed by atoms with van der Waals surface area (Å²) in [6.07, 6.45) is 1.54. The van der Waals surface area contributed by atoms with Gasteiger partial charge < -0.3 is 0 Å². The van der Waals surface area contributed by atoms with E-state index in [9.17, 15) is 8.42 Å². The smallest absolute Gasteiger partial charge is 0.238 e. The van der Waals surface area contributed by atoms with Crippen molar-refractivity contribution in [1.82, 2.24) is 4.98 Å². The molecule has 0 saturated carbocycles. The Morgan fingerprint density at radius 3 is 2.76 bits per heavy atom. The van der Waals surface area contributed by atoms with Crippen molar-refractivity contribution in [2.45, 2.75) is 12.7 Å². The van der Waals surface area contributed by atoms with E-state index in [4.69, 9.17) is 5.26 Å². The van der Waals surface area contributed by atoms with Crippen LogP contribution in [0.25, 0.3) is 0 Å². The summed E-state index contributed by atoms with van der Waals surface area (Å²) >= 11 is 3.31. The molecule has 5 nitrogen and oxygen atoms in total. The molecule has 0 aliphatic heterocycles. The van der Waals surface area contributed by atoms with Crippen molar-refractivity contribution in [3.8, 4) is 6.07 Å². The second-order valence-electron chi connectivity index (χ2n) is 4.45. The van der Waals surface area contributed by atoms with Gasteiger partial charge in [0.25, 0.3) is 0 Å². The van der Waals surface area contributed by atoms with Gasteiger partial charge in [-0.3, -0.25) is 4.72 Å². The number of nitrogens with one attached hydrogen (secondary N) is 1. The monoisotopic (exact) mass is 365 g/mol. The van der Waals surface area contributed by atoms with Gasteiger partial charge in [-0.15, -0.1) is 0 Å². The van der Waals surface area contributed by atoms with Crippen molar-refractivity contribution in [3.05, 3.63) is 57.7 Å². The Morgan fingerprint density at radius 1 is 1.38 bits per heavy atom. The minimum absolute atomic E-state index is 0.255. The predicted molar refractivity (Wildman–Crippen MR) is 84.1 cm³/mol. The molecule has 0 atom stereocenters. The molecule has 2 rings (SSSR count). The summed E-state index contributed by atoms with van der Waals surface area (Å²) in [6.45, 7) is 1.84. The van der Waals surface area contributed by atoms with Crippen molar-refractivity contribution in [3.63, 3.8) is 0 Å². The van der Waals surface area contributed by atoms with Gasteiger partial charge in [0.1, 0.15) is 5.82 Å². The number of nitrogens with zero attached hydrogens (tertiary/aromatic N) is 2. The maximum absolute atomic E-state index is 12.2. The maximum atomic E-state index is 12.2. The third-order valence-electron chi connectivity index (χ3n) is 2.79. The minimum Gasteiger partial charge on any atom is -0.267 e. The van der Waals surface area contributed by atoms with Gasteiger partial charge in [-0.25, -0.2) is 13.4 Å². The van der Waals surface area contributed by atoms with E-state index in [1.54, 1.807) is 30.3 Å². The van der Waals surface area contributed by atoms with E-state index in [0.29, 0.717) is 11.1 Å². The summed E-state index contributed by atoms with van der Waals surface area (Å²) < 4.78 is 27.5. The van der Waals surface area contributed by atoms with Gasteiger partial charge >= 0.3 is 0 Å². The Morgan fingerprint density at radius 2 is 2.10 bits per heavy atom. The van der Waals surface area contributed by atoms with Crippen LogP contribution in [0.2, 0.25) is 0 Å². The third kappa shape index (κ3) is 4.03. The Hall–Kier alpha value is -1.91. The Kier molecular flexibility index (Phi) is 4.60. The molecular formula is C14H12BrN3O2S. The zero-order valence-corrected chi connectivity index (χ0v) is 13.6. The molecule has 1 heterocycles. The molecule has 0 unspecified atom stereocenters. The zero-order chi connectivity index (χ0) is 15.5. The molecule has 7 heteroatoms. The largest absolute Gasteiger partial charge is 0.267 e. The molecule has 1 N–H and O–H groups in total. The van der Waals surface area contributed by atoms with Gasteiger partial charge in [0, 0.05) is 10.7 Å². The highest BCUT2D eigenvalue weighted by Crippen LogP contribution is 2.19.